The van der Waals surface area contributed by atoms with Gasteiger partial charge in [0.25, 0.3) is 5.89 Å². The fraction of sp³-hybridized carbons (Fsp3) is 0.167. The minimum absolute atomic E-state index is 0.353. The van der Waals surface area contributed by atoms with Gasteiger partial charge in [-0.25, -0.2) is 0 Å². The molecule has 0 amide bonds. The van der Waals surface area contributed by atoms with E-state index in [-0.39, 0.29) is 0 Å². The van der Waals surface area contributed by atoms with Crippen LogP contribution in [0, 0.1) is 18.3 Å². The number of hydrogen-bond acceptors (Lipinski definition) is 5. The van der Waals surface area contributed by atoms with Crippen molar-refractivity contribution in [3.8, 4) is 23.3 Å². The first-order valence-corrected chi connectivity index (χ1v) is 7.71. The highest BCUT2D eigenvalue weighted by molar-refractivity contribution is 6.32. The normalized spacial score (nSPS) is 11.8. The first-order valence-electron chi connectivity index (χ1n) is 7.33. The lowest BCUT2D eigenvalue weighted by Gasteiger charge is -2.12. The van der Waals surface area contributed by atoms with Crippen LogP contribution >= 0.6 is 11.6 Å². The topological polar surface area (TPSA) is 71.9 Å². The molecule has 0 bridgehead atoms. The molecule has 0 unspecified atom stereocenters. The standard InChI is InChI=1S/C18H14ClN3O2/c1-11-3-6-14(7-4-11)18-22-21-17(24-18)12(2)23-16-8-5-13(10-20)9-15(16)19/h3-9,12H,1-2H3/t12-/m0/s1. The third-order valence-electron chi connectivity index (χ3n) is 3.45. The lowest BCUT2D eigenvalue weighted by molar-refractivity contribution is 0.190. The SMILES string of the molecule is Cc1ccc(-c2nnc([C@H](C)Oc3ccc(C#N)cc3Cl)o2)cc1. The van der Waals surface area contributed by atoms with Gasteiger partial charge in [0.1, 0.15) is 5.75 Å². The van der Waals surface area contributed by atoms with E-state index in [0.717, 1.165) is 11.1 Å². The average Bonchev–Trinajstić information content (AvgIpc) is 3.07. The highest BCUT2D eigenvalue weighted by atomic mass is 35.5. The molecule has 0 saturated heterocycles. The van der Waals surface area contributed by atoms with Gasteiger partial charge >= 0.3 is 0 Å². The maximum Gasteiger partial charge on any atom is 0.257 e. The van der Waals surface area contributed by atoms with Crippen LogP contribution in [-0.2, 0) is 0 Å². The number of halogens is 1. The number of hydrogen-bond donors (Lipinski definition) is 0. The smallest absolute Gasteiger partial charge is 0.257 e. The molecule has 5 nitrogen and oxygen atoms in total. The third-order valence-corrected chi connectivity index (χ3v) is 3.75. The van der Waals surface area contributed by atoms with Gasteiger partial charge in [-0.3, -0.25) is 0 Å². The second kappa shape index (κ2) is 6.73. The van der Waals surface area contributed by atoms with Gasteiger partial charge in [-0.2, -0.15) is 5.26 Å². The van der Waals surface area contributed by atoms with E-state index < -0.39 is 6.10 Å². The monoisotopic (exact) mass is 339 g/mol. The summed E-state index contributed by atoms with van der Waals surface area (Å²) in [6.45, 7) is 3.81. The van der Waals surface area contributed by atoms with Crippen molar-refractivity contribution in [3.05, 3.63) is 64.5 Å². The first kappa shape index (κ1) is 16.0. The molecular weight excluding hydrogens is 326 g/mol. The van der Waals surface area contributed by atoms with Crippen LogP contribution in [0.15, 0.2) is 46.9 Å². The lowest BCUT2D eigenvalue weighted by Crippen LogP contribution is -2.04. The number of ether oxygens (including phenoxy) is 1. The molecule has 120 valence electrons. The van der Waals surface area contributed by atoms with Gasteiger partial charge in [-0.15, -0.1) is 10.2 Å². The summed E-state index contributed by atoms with van der Waals surface area (Å²) >= 11 is 6.11. The van der Waals surface area contributed by atoms with Crippen molar-refractivity contribution >= 4 is 11.6 Å². The van der Waals surface area contributed by atoms with Gasteiger partial charge in [0.05, 0.1) is 16.7 Å². The zero-order valence-electron chi connectivity index (χ0n) is 13.2. The summed E-state index contributed by atoms with van der Waals surface area (Å²) in [5, 5.41) is 17.3. The minimum atomic E-state index is -0.470. The maximum absolute atomic E-state index is 8.86. The van der Waals surface area contributed by atoms with Crippen LogP contribution < -0.4 is 4.74 Å². The molecule has 0 radical (unpaired) electrons. The Kier molecular flexibility index (Phi) is 4.50. The second-order valence-corrected chi connectivity index (χ2v) is 5.74. The number of benzene rings is 2. The van der Waals surface area contributed by atoms with Crippen LogP contribution in [0.4, 0.5) is 0 Å². The molecule has 0 aliphatic heterocycles. The van der Waals surface area contributed by atoms with E-state index in [1.165, 1.54) is 0 Å². The molecule has 1 atom stereocenters. The first-order chi connectivity index (χ1) is 11.6. The zero-order chi connectivity index (χ0) is 17.1. The van der Waals surface area contributed by atoms with Crippen molar-refractivity contribution in [1.82, 2.24) is 10.2 Å². The van der Waals surface area contributed by atoms with Crippen LogP contribution in [0.1, 0.15) is 30.0 Å². The molecule has 6 heteroatoms. The Balaban J connectivity index is 1.78. The van der Waals surface area contributed by atoms with Crippen molar-refractivity contribution in [2.24, 2.45) is 0 Å². The van der Waals surface area contributed by atoms with E-state index >= 15 is 0 Å². The van der Waals surface area contributed by atoms with E-state index in [1.807, 2.05) is 37.3 Å². The van der Waals surface area contributed by atoms with Crippen LogP contribution in [-0.4, -0.2) is 10.2 Å². The van der Waals surface area contributed by atoms with Crippen molar-refractivity contribution < 1.29 is 9.15 Å². The predicted molar refractivity (Wildman–Crippen MR) is 89.7 cm³/mol. The molecule has 0 N–H and O–H groups in total. The van der Waals surface area contributed by atoms with Crippen LogP contribution in [0.3, 0.4) is 0 Å². The highest BCUT2D eigenvalue weighted by Crippen LogP contribution is 2.30. The lowest BCUT2D eigenvalue weighted by atomic mass is 10.1. The van der Waals surface area contributed by atoms with Crippen LogP contribution in [0.5, 0.6) is 5.75 Å². The molecule has 1 aromatic heterocycles. The van der Waals surface area contributed by atoms with Crippen LogP contribution in [0.25, 0.3) is 11.5 Å². The van der Waals surface area contributed by atoms with Gasteiger partial charge in [0, 0.05) is 5.56 Å². The summed E-state index contributed by atoms with van der Waals surface area (Å²) in [6, 6.07) is 14.7. The van der Waals surface area contributed by atoms with Crippen molar-refractivity contribution in [3.63, 3.8) is 0 Å². The summed E-state index contributed by atoms with van der Waals surface area (Å²) in [5.74, 6) is 1.25. The quantitative estimate of drug-likeness (QED) is 0.688. The number of nitriles is 1. The van der Waals surface area contributed by atoms with Gasteiger partial charge in [0.15, 0.2) is 6.10 Å². The summed E-state index contributed by atoms with van der Waals surface area (Å²) in [5.41, 5.74) is 2.48. The van der Waals surface area contributed by atoms with Gasteiger partial charge < -0.3 is 9.15 Å². The summed E-state index contributed by atoms with van der Waals surface area (Å²) in [4.78, 5) is 0. The number of rotatable bonds is 4. The molecule has 1 heterocycles. The number of nitrogens with zero attached hydrogens (tertiary/aromatic N) is 3. The zero-order valence-corrected chi connectivity index (χ0v) is 13.9. The summed E-state index contributed by atoms with van der Waals surface area (Å²) in [6.07, 6.45) is -0.470. The Morgan fingerprint density at radius 2 is 1.92 bits per heavy atom. The molecule has 24 heavy (non-hydrogen) atoms. The maximum atomic E-state index is 8.86. The van der Waals surface area contributed by atoms with E-state index in [1.54, 1.807) is 25.1 Å². The molecule has 0 aliphatic carbocycles. The predicted octanol–water partition coefficient (Wildman–Crippen LogP) is 4.71. The third kappa shape index (κ3) is 3.39. The van der Waals surface area contributed by atoms with Crippen molar-refractivity contribution in [1.29, 1.82) is 5.26 Å². The molecule has 0 spiro atoms. The van der Waals surface area contributed by atoms with Crippen LogP contribution in [0.2, 0.25) is 5.02 Å². The van der Waals surface area contributed by atoms with E-state index in [4.69, 9.17) is 26.0 Å². The Hall–Kier alpha value is -2.84. The minimum Gasteiger partial charge on any atom is -0.479 e. The van der Waals surface area contributed by atoms with E-state index in [9.17, 15) is 0 Å². The molecule has 0 saturated carbocycles. The number of aryl methyl sites for hydroxylation is 1. The van der Waals surface area contributed by atoms with Crippen molar-refractivity contribution in [2.45, 2.75) is 20.0 Å². The molecule has 0 fully saturated rings. The molecule has 2 aromatic carbocycles. The van der Waals surface area contributed by atoms with Crippen molar-refractivity contribution in [2.75, 3.05) is 0 Å². The van der Waals surface area contributed by atoms with E-state index in [0.29, 0.717) is 28.1 Å². The highest BCUT2D eigenvalue weighted by Gasteiger charge is 2.18. The number of aromatic nitrogens is 2. The summed E-state index contributed by atoms with van der Waals surface area (Å²) < 4.78 is 11.4. The Bertz CT molecular complexity index is 897. The molecular formula is C18H14ClN3O2. The second-order valence-electron chi connectivity index (χ2n) is 5.33. The Labute approximate surface area is 144 Å². The van der Waals surface area contributed by atoms with Gasteiger partial charge in [-0.05, 0) is 44.2 Å². The Morgan fingerprint density at radius 1 is 1.17 bits per heavy atom. The molecule has 3 rings (SSSR count). The van der Waals surface area contributed by atoms with Gasteiger partial charge in [-0.1, -0.05) is 29.3 Å². The molecule has 0 aliphatic rings. The Morgan fingerprint density at radius 3 is 2.58 bits per heavy atom. The molecule has 3 aromatic rings. The summed E-state index contributed by atoms with van der Waals surface area (Å²) in [7, 11) is 0. The average molecular weight is 340 g/mol. The van der Waals surface area contributed by atoms with Gasteiger partial charge in [0.2, 0.25) is 5.89 Å². The van der Waals surface area contributed by atoms with E-state index in [2.05, 4.69) is 10.2 Å². The largest absolute Gasteiger partial charge is 0.479 e. The fourth-order valence-corrected chi connectivity index (χ4v) is 2.34. The fourth-order valence-electron chi connectivity index (χ4n) is 2.12.